The summed E-state index contributed by atoms with van der Waals surface area (Å²) < 4.78 is 83.2. The molecule has 0 saturated heterocycles. The van der Waals surface area contributed by atoms with Gasteiger partial charge in [-0.05, 0) is 58.0 Å². The third kappa shape index (κ3) is 10.8. The molecule has 1 unspecified atom stereocenters. The number of nitrogens with zero attached hydrogens (tertiary/aromatic N) is 5. The summed E-state index contributed by atoms with van der Waals surface area (Å²) in [6.45, 7) is 7.27. The van der Waals surface area contributed by atoms with Gasteiger partial charge in [-0.25, -0.2) is 27.4 Å². The lowest BCUT2D eigenvalue weighted by molar-refractivity contribution is -0.707. The molecule has 0 fully saturated rings. The van der Waals surface area contributed by atoms with Crippen molar-refractivity contribution in [3.63, 3.8) is 0 Å². The van der Waals surface area contributed by atoms with Crippen LogP contribution >= 0.6 is 0 Å². The van der Waals surface area contributed by atoms with Gasteiger partial charge in [-0.15, -0.1) is 5.01 Å². The summed E-state index contributed by atoms with van der Waals surface area (Å²) in [4.78, 5) is 28.1. The number of nitrogens with one attached hydrogen (secondary N) is 1. The van der Waals surface area contributed by atoms with Gasteiger partial charge in [0.25, 0.3) is 16.3 Å². The maximum Gasteiger partial charge on any atom is 0.511 e. The molecule has 0 saturated carbocycles. The van der Waals surface area contributed by atoms with Crippen molar-refractivity contribution in [2.24, 2.45) is 5.28 Å². The minimum Gasteiger partial charge on any atom is -0.569 e. The first kappa shape index (κ1) is 36.4. The number of aryl methyl sites for hydroxylation is 1. The fraction of sp³-hybridized carbons (Fsp3) is 0.393. The zero-order chi connectivity index (χ0) is 35.2. The van der Waals surface area contributed by atoms with Crippen LogP contribution in [0.2, 0.25) is 0 Å². The maximum absolute atomic E-state index is 13.5. The van der Waals surface area contributed by atoms with Crippen LogP contribution in [0.4, 0.5) is 22.8 Å². The quantitative estimate of drug-likeness (QED) is 0.0908. The number of hydrazine groups is 1. The average Bonchev–Trinajstić information content (AvgIpc) is 3.41. The van der Waals surface area contributed by atoms with Crippen LogP contribution in [0.1, 0.15) is 39.0 Å². The second kappa shape index (κ2) is 14.6. The van der Waals surface area contributed by atoms with E-state index >= 15 is 0 Å². The molecule has 15 nitrogen and oxygen atoms in total. The van der Waals surface area contributed by atoms with E-state index in [2.05, 4.69) is 10.4 Å². The van der Waals surface area contributed by atoms with Gasteiger partial charge in [0.05, 0.1) is 28.3 Å². The van der Waals surface area contributed by atoms with Gasteiger partial charge in [-0.1, -0.05) is 29.8 Å². The highest BCUT2D eigenvalue weighted by molar-refractivity contribution is 7.90. The van der Waals surface area contributed by atoms with Crippen molar-refractivity contribution in [1.29, 1.82) is 0 Å². The molecule has 1 amide bonds. The number of carbonyl (C=O) groups is 2. The molecular weight excluding hydrogens is 653 g/mol. The van der Waals surface area contributed by atoms with E-state index in [1.54, 1.807) is 49.8 Å². The molecule has 3 rings (SSSR count). The molecule has 2 aromatic carbocycles. The number of hydrogen-bond donors (Lipinski definition) is 1. The molecule has 1 N–H and O–H groups in total. The predicted octanol–water partition coefficient (Wildman–Crippen LogP) is 5.32. The standard InChI is InChI=1S/C28H33F3N6O9S/c1-18-7-9-20(10-8-18)23-17-24(28(29,30)31)32-36(23)21-11-13-22(14-12-21)47(41,42)33-25(38)43-16-15-35(6)37(40)34-46-19(2)44-26(39)45-27(3,4)5/h7-14,17,19H,15-16H2,1-6H3,(H,33,38)/b37-34-. The van der Waals surface area contributed by atoms with E-state index < -0.39 is 52.6 Å². The van der Waals surface area contributed by atoms with Crippen LogP contribution in [0.5, 0.6) is 0 Å². The normalized spacial score (nSPS) is 13.0. The van der Waals surface area contributed by atoms with Gasteiger partial charge in [-0.2, -0.15) is 18.3 Å². The van der Waals surface area contributed by atoms with E-state index in [9.17, 15) is 36.4 Å². The topological polar surface area (TPSA) is 177 Å². The largest absolute Gasteiger partial charge is 0.569 e. The lowest BCUT2D eigenvalue weighted by Crippen LogP contribution is -2.35. The van der Waals surface area contributed by atoms with Gasteiger partial charge in [0.15, 0.2) is 5.69 Å². The Labute approximate surface area is 268 Å². The van der Waals surface area contributed by atoms with Crippen LogP contribution in [0, 0.1) is 12.1 Å². The Balaban J connectivity index is 1.58. The number of aromatic nitrogens is 2. The summed E-state index contributed by atoms with van der Waals surface area (Å²) in [6, 6.07) is 12.2. The van der Waals surface area contributed by atoms with Gasteiger partial charge < -0.3 is 19.4 Å². The summed E-state index contributed by atoms with van der Waals surface area (Å²) >= 11 is 0. The van der Waals surface area contributed by atoms with Crippen LogP contribution in [-0.4, -0.2) is 72.5 Å². The molecule has 0 radical (unpaired) electrons. The van der Waals surface area contributed by atoms with Gasteiger partial charge in [-0.3, -0.25) is 4.84 Å². The monoisotopic (exact) mass is 686 g/mol. The van der Waals surface area contributed by atoms with Gasteiger partial charge in [0.1, 0.15) is 18.8 Å². The predicted molar refractivity (Wildman–Crippen MR) is 157 cm³/mol. The van der Waals surface area contributed by atoms with E-state index in [1.807, 2.05) is 6.92 Å². The van der Waals surface area contributed by atoms with Crippen molar-refractivity contribution in [2.45, 2.75) is 57.6 Å². The first-order valence-electron chi connectivity index (χ1n) is 13.7. The van der Waals surface area contributed by atoms with Crippen molar-refractivity contribution < 1.29 is 55.2 Å². The first-order valence-corrected chi connectivity index (χ1v) is 15.2. The highest BCUT2D eigenvalue weighted by Crippen LogP contribution is 2.33. The third-order valence-electron chi connectivity index (χ3n) is 5.81. The Morgan fingerprint density at radius 2 is 1.72 bits per heavy atom. The second-order valence-corrected chi connectivity index (χ2v) is 12.6. The van der Waals surface area contributed by atoms with Gasteiger partial charge in [0, 0.05) is 12.5 Å². The minimum absolute atomic E-state index is 0.0317. The van der Waals surface area contributed by atoms with Crippen molar-refractivity contribution in [2.75, 3.05) is 20.2 Å². The molecule has 0 spiro atoms. The number of alkyl halides is 3. The summed E-state index contributed by atoms with van der Waals surface area (Å²) in [6.07, 6.45) is -8.40. The lowest BCUT2D eigenvalue weighted by atomic mass is 10.1. The van der Waals surface area contributed by atoms with Crippen LogP contribution in [-0.2, 0) is 35.2 Å². The number of sulfonamides is 1. The molecule has 0 aliphatic carbocycles. The number of ether oxygens (including phenoxy) is 3. The van der Waals surface area contributed by atoms with Crippen LogP contribution in [0.3, 0.4) is 0 Å². The number of likely N-dealkylation sites (N-methyl/N-ethyl adjacent to an activating group) is 1. The molecule has 256 valence electrons. The second-order valence-electron chi connectivity index (χ2n) is 10.9. The Morgan fingerprint density at radius 1 is 1.11 bits per heavy atom. The lowest BCUT2D eigenvalue weighted by Gasteiger charge is -2.20. The van der Waals surface area contributed by atoms with Crippen molar-refractivity contribution >= 4 is 22.3 Å². The fourth-order valence-electron chi connectivity index (χ4n) is 3.57. The maximum atomic E-state index is 13.5. The molecule has 1 aromatic heterocycles. The Hall–Kier alpha value is -5.07. The molecule has 0 aliphatic rings. The molecule has 0 bridgehead atoms. The van der Waals surface area contributed by atoms with Crippen LogP contribution in [0.15, 0.2) is 64.8 Å². The Bertz CT molecular complexity index is 1690. The van der Waals surface area contributed by atoms with Gasteiger partial charge in [0.2, 0.25) is 5.28 Å². The summed E-state index contributed by atoms with van der Waals surface area (Å²) in [7, 11) is -3.21. The number of halogens is 3. The van der Waals surface area contributed by atoms with Crippen LogP contribution < -0.4 is 4.72 Å². The Morgan fingerprint density at radius 3 is 2.30 bits per heavy atom. The highest BCUT2D eigenvalue weighted by Gasteiger charge is 2.35. The van der Waals surface area contributed by atoms with Gasteiger partial charge >= 0.3 is 18.4 Å². The SMILES string of the molecule is Cc1ccc(-c2cc(C(F)(F)F)nn2-c2ccc(S(=O)(=O)NC(=O)OCCN(C)/[N+]([O-])=N/OC(C)OC(=O)OC(C)(C)C)cc2)cc1. The van der Waals surface area contributed by atoms with E-state index in [-0.39, 0.29) is 27.8 Å². The van der Waals surface area contributed by atoms with E-state index in [0.717, 1.165) is 33.5 Å². The van der Waals surface area contributed by atoms with Crippen molar-refractivity contribution in [3.05, 3.63) is 71.1 Å². The fourth-order valence-corrected chi connectivity index (χ4v) is 4.46. The molecule has 19 heteroatoms. The summed E-state index contributed by atoms with van der Waals surface area (Å²) in [5.41, 5.74) is -0.344. The van der Waals surface area contributed by atoms with E-state index in [0.29, 0.717) is 5.56 Å². The summed E-state index contributed by atoms with van der Waals surface area (Å²) in [5.74, 6) is 0. The summed E-state index contributed by atoms with van der Waals surface area (Å²) in [5, 5.41) is 19.8. The molecular formula is C28H33F3N6O9S. The first-order chi connectivity index (χ1) is 21.7. The van der Waals surface area contributed by atoms with Crippen molar-refractivity contribution in [1.82, 2.24) is 19.5 Å². The van der Waals surface area contributed by atoms with E-state index in [4.69, 9.17) is 19.0 Å². The van der Waals surface area contributed by atoms with Crippen LogP contribution in [0.25, 0.3) is 16.9 Å². The molecule has 3 aromatic rings. The third-order valence-corrected chi connectivity index (χ3v) is 7.14. The number of hydrogen-bond acceptors (Lipinski definition) is 11. The zero-order valence-electron chi connectivity index (χ0n) is 26.1. The highest BCUT2D eigenvalue weighted by atomic mass is 32.2. The zero-order valence-corrected chi connectivity index (χ0v) is 27.0. The number of amides is 1. The number of benzene rings is 2. The van der Waals surface area contributed by atoms with E-state index in [1.165, 1.54) is 26.1 Å². The number of carbonyl (C=O) groups excluding carboxylic acids is 2. The molecule has 47 heavy (non-hydrogen) atoms. The minimum atomic E-state index is -4.72. The number of rotatable bonds is 11. The molecule has 0 aliphatic heterocycles. The smallest absolute Gasteiger partial charge is 0.511 e. The average molecular weight is 687 g/mol. The molecule has 1 atom stereocenters. The Kier molecular flexibility index (Phi) is 11.3. The van der Waals surface area contributed by atoms with Crippen molar-refractivity contribution in [3.8, 4) is 16.9 Å². The molecule has 1 heterocycles.